The van der Waals surface area contributed by atoms with E-state index in [4.69, 9.17) is 5.41 Å². The van der Waals surface area contributed by atoms with E-state index in [0.717, 1.165) is 33.8 Å². The van der Waals surface area contributed by atoms with Crippen molar-refractivity contribution in [2.45, 2.75) is 44.4 Å². The molecule has 2 atom stereocenters. The van der Waals surface area contributed by atoms with Crippen molar-refractivity contribution < 1.29 is 4.79 Å². The predicted octanol–water partition coefficient (Wildman–Crippen LogP) is 2.67. The molecule has 0 bridgehead atoms. The summed E-state index contributed by atoms with van der Waals surface area (Å²) in [5.41, 5.74) is 5.92. The highest BCUT2D eigenvalue weighted by Gasteiger charge is 2.43. The second-order valence-electron chi connectivity index (χ2n) is 9.92. The molecule has 2 aliphatic heterocycles. The average molecular weight is 478 g/mol. The number of amides is 1. The van der Waals surface area contributed by atoms with Gasteiger partial charge >= 0.3 is 0 Å². The summed E-state index contributed by atoms with van der Waals surface area (Å²) in [6.07, 6.45) is 12.5. The SMILES string of the molecule is CN/C=C(\C=N)c1cc(CNC(=O)C2NC=CC3=C2N(C)C(C2CCCC2)N3C)cc(N(C)C)c1. The van der Waals surface area contributed by atoms with Crippen LogP contribution in [0.1, 0.15) is 36.8 Å². The zero-order valence-electron chi connectivity index (χ0n) is 21.6. The molecule has 1 aromatic carbocycles. The number of nitrogens with zero attached hydrogens (tertiary/aromatic N) is 3. The van der Waals surface area contributed by atoms with Crippen LogP contribution in [0.4, 0.5) is 5.69 Å². The molecule has 8 heteroatoms. The van der Waals surface area contributed by atoms with Crippen molar-refractivity contribution in [3.05, 3.63) is 59.2 Å². The van der Waals surface area contributed by atoms with Crippen molar-refractivity contribution in [2.75, 3.05) is 40.1 Å². The number of rotatable bonds is 8. The first kappa shape index (κ1) is 24.7. The molecule has 1 saturated carbocycles. The molecular weight excluding hydrogens is 438 g/mol. The number of dihydropyridines is 1. The van der Waals surface area contributed by atoms with Crippen molar-refractivity contribution in [1.82, 2.24) is 25.8 Å². The first-order valence-corrected chi connectivity index (χ1v) is 12.5. The van der Waals surface area contributed by atoms with E-state index in [0.29, 0.717) is 18.6 Å². The van der Waals surface area contributed by atoms with Crippen LogP contribution in [0.15, 0.2) is 48.1 Å². The lowest BCUT2D eigenvalue weighted by molar-refractivity contribution is -0.122. The van der Waals surface area contributed by atoms with Gasteiger partial charge in [0.15, 0.2) is 0 Å². The van der Waals surface area contributed by atoms with Crippen molar-refractivity contribution in [3.8, 4) is 0 Å². The highest BCUT2D eigenvalue weighted by Crippen LogP contribution is 2.40. The van der Waals surface area contributed by atoms with Gasteiger partial charge in [-0.15, -0.1) is 0 Å². The lowest BCUT2D eigenvalue weighted by atomic mass is 10.0. The smallest absolute Gasteiger partial charge is 0.249 e. The fourth-order valence-electron chi connectivity index (χ4n) is 5.71. The van der Waals surface area contributed by atoms with Gasteiger partial charge in [0.2, 0.25) is 5.91 Å². The van der Waals surface area contributed by atoms with Gasteiger partial charge in [-0.05, 0) is 60.4 Å². The minimum Gasteiger partial charge on any atom is -0.393 e. The van der Waals surface area contributed by atoms with E-state index in [9.17, 15) is 4.79 Å². The summed E-state index contributed by atoms with van der Waals surface area (Å²) in [6.45, 7) is 0.411. The molecule has 2 heterocycles. The van der Waals surface area contributed by atoms with Crippen LogP contribution in [-0.2, 0) is 11.3 Å². The van der Waals surface area contributed by atoms with Crippen LogP contribution in [0.25, 0.3) is 5.57 Å². The first-order chi connectivity index (χ1) is 16.8. The molecule has 4 N–H and O–H groups in total. The van der Waals surface area contributed by atoms with Crippen LogP contribution >= 0.6 is 0 Å². The third-order valence-corrected chi connectivity index (χ3v) is 7.43. The highest BCUT2D eigenvalue weighted by molar-refractivity contribution is 6.08. The summed E-state index contributed by atoms with van der Waals surface area (Å²) in [6, 6.07) is 5.74. The molecule has 0 saturated heterocycles. The Morgan fingerprint density at radius 2 is 1.94 bits per heavy atom. The van der Waals surface area contributed by atoms with Crippen LogP contribution in [0.3, 0.4) is 0 Å². The first-order valence-electron chi connectivity index (χ1n) is 12.5. The Kier molecular flexibility index (Phi) is 7.38. The van der Waals surface area contributed by atoms with Gasteiger partial charge in [0.05, 0.1) is 11.4 Å². The Morgan fingerprint density at radius 3 is 2.60 bits per heavy atom. The van der Waals surface area contributed by atoms with Crippen LogP contribution in [0, 0.1) is 11.3 Å². The van der Waals surface area contributed by atoms with Gasteiger partial charge in [-0.1, -0.05) is 12.8 Å². The Balaban J connectivity index is 1.52. The number of nitrogens with one attached hydrogen (secondary N) is 4. The van der Waals surface area contributed by atoms with Crippen molar-refractivity contribution in [2.24, 2.45) is 5.92 Å². The zero-order chi connectivity index (χ0) is 25.1. The Hall–Kier alpha value is -3.42. The predicted molar refractivity (Wildman–Crippen MR) is 143 cm³/mol. The van der Waals surface area contributed by atoms with E-state index in [1.54, 1.807) is 0 Å². The molecule has 1 aliphatic carbocycles. The number of carbonyl (C=O) groups is 1. The van der Waals surface area contributed by atoms with Gasteiger partial charge in [0.1, 0.15) is 12.2 Å². The number of hydrogen-bond acceptors (Lipinski definition) is 7. The maximum absolute atomic E-state index is 13.4. The van der Waals surface area contributed by atoms with E-state index < -0.39 is 6.04 Å². The minimum atomic E-state index is -0.424. The van der Waals surface area contributed by atoms with E-state index in [1.807, 2.05) is 44.5 Å². The Bertz CT molecular complexity index is 1050. The third kappa shape index (κ3) is 4.88. The van der Waals surface area contributed by atoms with Gasteiger partial charge in [-0.2, -0.15) is 0 Å². The quantitative estimate of drug-likeness (QED) is 0.431. The normalized spacial score (nSPS) is 22.3. The fourth-order valence-corrected chi connectivity index (χ4v) is 5.71. The van der Waals surface area contributed by atoms with E-state index >= 15 is 0 Å². The van der Waals surface area contributed by atoms with Crippen molar-refractivity contribution >= 4 is 23.4 Å². The molecule has 8 nitrogen and oxygen atoms in total. The van der Waals surface area contributed by atoms with E-state index in [-0.39, 0.29) is 5.91 Å². The Labute approximate surface area is 209 Å². The van der Waals surface area contributed by atoms with E-state index in [1.165, 1.54) is 31.9 Å². The molecule has 0 aromatic heterocycles. The number of anilines is 1. The van der Waals surface area contributed by atoms with Gasteiger partial charge in [-0.3, -0.25) is 4.79 Å². The van der Waals surface area contributed by atoms with Gasteiger partial charge in [0, 0.05) is 65.5 Å². The lowest BCUT2D eigenvalue weighted by Crippen LogP contribution is -2.49. The monoisotopic (exact) mass is 477 g/mol. The average Bonchev–Trinajstić information content (AvgIpc) is 3.47. The Morgan fingerprint density at radius 1 is 1.20 bits per heavy atom. The molecule has 0 spiro atoms. The fraction of sp³-hybridized carbons (Fsp3) is 0.481. The summed E-state index contributed by atoms with van der Waals surface area (Å²) < 4.78 is 0. The summed E-state index contributed by atoms with van der Waals surface area (Å²) in [5.74, 6) is 0.595. The van der Waals surface area contributed by atoms with Crippen LogP contribution in [0.2, 0.25) is 0 Å². The van der Waals surface area contributed by atoms with Gasteiger partial charge < -0.3 is 36.1 Å². The number of carbonyl (C=O) groups excluding carboxylic acids is 1. The molecule has 3 aliphatic rings. The zero-order valence-corrected chi connectivity index (χ0v) is 21.6. The standard InChI is InChI=1S/C27H39N7O/c1-29-17-21(15-28)20-12-18(13-22(14-20)32(2)3)16-31-26(35)24-25-23(10-11-30-24)33(4)27(34(25)5)19-8-6-7-9-19/h10-15,17,19,24,27-30H,6-9,16H2,1-5H3,(H,31,35)/b21-17+,28-15?. The number of benzene rings is 1. The van der Waals surface area contributed by atoms with Gasteiger partial charge in [-0.25, -0.2) is 0 Å². The van der Waals surface area contributed by atoms with Crippen LogP contribution in [0.5, 0.6) is 0 Å². The van der Waals surface area contributed by atoms with E-state index in [2.05, 4.69) is 58.1 Å². The molecule has 1 amide bonds. The second kappa shape index (κ2) is 10.5. The largest absolute Gasteiger partial charge is 0.393 e. The molecule has 4 rings (SSSR count). The molecule has 188 valence electrons. The summed E-state index contributed by atoms with van der Waals surface area (Å²) >= 11 is 0. The third-order valence-electron chi connectivity index (χ3n) is 7.43. The maximum atomic E-state index is 13.4. The summed E-state index contributed by atoms with van der Waals surface area (Å²) in [4.78, 5) is 20.1. The molecule has 1 aromatic rings. The van der Waals surface area contributed by atoms with Crippen molar-refractivity contribution in [1.29, 1.82) is 5.41 Å². The van der Waals surface area contributed by atoms with Gasteiger partial charge in [0.25, 0.3) is 0 Å². The van der Waals surface area contributed by atoms with Crippen molar-refractivity contribution in [3.63, 3.8) is 0 Å². The molecule has 0 radical (unpaired) electrons. The summed E-state index contributed by atoms with van der Waals surface area (Å²) in [5, 5.41) is 17.3. The molecule has 2 unspecified atom stereocenters. The molecular formula is C27H39N7O. The number of allylic oxidation sites excluding steroid dienone is 2. The minimum absolute atomic E-state index is 0.0379. The van der Waals surface area contributed by atoms with Crippen LogP contribution < -0.4 is 20.9 Å². The topological polar surface area (TPSA) is 86.7 Å². The lowest BCUT2D eigenvalue weighted by Gasteiger charge is -2.35. The molecule has 35 heavy (non-hydrogen) atoms. The number of likely N-dealkylation sites (N-methyl/N-ethyl adjacent to an activating group) is 2. The summed E-state index contributed by atoms with van der Waals surface area (Å²) in [7, 11) is 10.1. The second-order valence-corrected chi connectivity index (χ2v) is 9.92. The van der Waals surface area contributed by atoms with Crippen LogP contribution in [-0.4, -0.2) is 69.4 Å². The maximum Gasteiger partial charge on any atom is 0.249 e. The molecule has 1 fully saturated rings. The number of hydrogen-bond donors (Lipinski definition) is 4. The highest BCUT2D eigenvalue weighted by atomic mass is 16.2.